The van der Waals surface area contributed by atoms with Crippen LogP contribution in [0.15, 0.2) is 36.8 Å². The van der Waals surface area contributed by atoms with Crippen LogP contribution in [-0.4, -0.2) is 45.2 Å². The van der Waals surface area contributed by atoms with Crippen LogP contribution in [0.25, 0.3) is 0 Å². The molecule has 1 fully saturated rings. The Hall–Kier alpha value is -2.37. The molecule has 6 nitrogen and oxygen atoms in total. The van der Waals surface area contributed by atoms with Crippen molar-refractivity contribution in [3.05, 3.63) is 42.5 Å². The summed E-state index contributed by atoms with van der Waals surface area (Å²) in [5, 5.41) is 7.01. The van der Waals surface area contributed by atoms with E-state index in [1.165, 1.54) is 0 Å². The number of pyridine rings is 1. The van der Waals surface area contributed by atoms with Crippen molar-refractivity contribution in [2.45, 2.75) is 31.8 Å². The smallest absolute Gasteiger partial charge is 0.263 e. The molecule has 22 heavy (non-hydrogen) atoms. The lowest BCUT2D eigenvalue weighted by Gasteiger charge is -2.33. The van der Waals surface area contributed by atoms with Gasteiger partial charge in [-0.25, -0.2) is 0 Å². The van der Waals surface area contributed by atoms with Crippen LogP contribution in [0.4, 0.5) is 0 Å². The number of aromatic nitrogens is 3. The van der Waals surface area contributed by atoms with E-state index >= 15 is 0 Å². The Kier molecular flexibility index (Phi) is 4.37. The number of hydrogen-bond acceptors (Lipinski definition) is 4. The Labute approximate surface area is 129 Å². The number of rotatable bonds is 4. The van der Waals surface area contributed by atoms with Crippen LogP contribution in [0.3, 0.4) is 0 Å². The Morgan fingerprint density at radius 2 is 2.36 bits per heavy atom. The van der Waals surface area contributed by atoms with E-state index < -0.39 is 6.10 Å². The molecule has 1 aliphatic rings. The maximum atomic E-state index is 12.6. The molecule has 0 spiro atoms. The summed E-state index contributed by atoms with van der Waals surface area (Å²) in [7, 11) is 0. The van der Waals surface area contributed by atoms with Gasteiger partial charge in [0.15, 0.2) is 6.10 Å². The van der Waals surface area contributed by atoms with E-state index in [0.29, 0.717) is 18.2 Å². The van der Waals surface area contributed by atoms with Crippen molar-refractivity contribution in [1.29, 1.82) is 0 Å². The number of nitrogens with zero attached hydrogens (tertiary/aromatic N) is 3. The molecule has 1 amide bonds. The average molecular weight is 300 g/mol. The zero-order valence-corrected chi connectivity index (χ0v) is 12.6. The molecule has 2 atom stereocenters. The summed E-state index contributed by atoms with van der Waals surface area (Å²) < 4.78 is 5.68. The molecule has 116 valence electrons. The minimum absolute atomic E-state index is 0.0214. The summed E-state index contributed by atoms with van der Waals surface area (Å²) in [5.41, 5.74) is 1.10. The van der Waals surface area contributed by atoms with Gasteiger partial charge in [0.2, 0.25) is 0 Å². The summed E-state index contributed by atoms with van der Waals surface area (Å²) in [4.78, 5) is 18.5. The normalized spacial score (nSPS) is 19.7. The van der Waals surface area contributed by atoms with Gasteiger partial charge in [0.05, 0.1) is 6.20 Å². The number of carbonyl (C=O) groups is 1. The molecular formula is C16H20N4O2. The Morgan fingerprint density at radius 3 is 3.09 bits per heavy atom. The number of aromatic amines is 1. The largest absolute Gasteiger partial charge is 0.479 e. The maximum Gasteiger partial charge on any atom is 0.263 e. The number of nitrogens with one attached hydrogen (secondary N) is 1. The molecule has 1 N–H and O–H groups in total. The lowest BCUT2D eigenvalue weighted by molar-refractivity contribution is -0.139. The third kappa shape index (κ3) is 3.27. The Morgan fingerprint density at radius 1 is 1.45 bits per heavy atom. The number of likely N-dealkylation sites (tertiary alicyclic amines) is 1. The van der Waals surface area contributed by atoms with Crippen LogP contribution < -0.4 is 4.74 Å². The first kappa shape index (κ1) is 14.6. The number of hydrogen-bond donors (Lipinski definition) is 1. The van der Waals surface area contributed by atoms with Crippen LogP contribution in [0.2, 0.25) is 0 Å². The topological polar surface area (TPSA) is 71.1 Å². The van der Waals surface area contributed by atoms with E-state index in [0.717, 1.165) is 25.1 Å². The second-order valence-corrected chi connectivity index (χ2v) is 5.58. The van der Waals surface area contributed by atoms with Crippen molar-refractivity contribution in [3.63, 3.8) is 0 Å². The molecule has 3 heterocycles. The molecule has 0 radical (unpaired) electrons. The SMILES string of the molecule is C[C@H](Oc1cccnc1)C(=O)N1CCC[C@@H](c2ccn[nH]2)C1. The van der Waals surface area contributed by atoms with Crippen LogP contribution in [0, 0.1) is 0 Å². The number of piperidine rings is 1. The highest BCUT2D eigenvalue weighted by Gasteiger charge is 2.29. The molecule has 0 unspecified atom stereocenters. The van der Waals surface area contributed by atoms with Gasteiger partial charge in [-0.2, -0.15) is 5.10 Å². The van der Waals surface area contributed by atoms with Crippen molar-refractivity contribution in [2.75, 3.05) is 13.1 Å². The predicted octanol–water partition coefficient (Wildman–Crippen LogP) is 1.98. The molecule has 2 aromatic heterocycles. The molecule has 0 aromatic carbocycles. The third-order valence-corrected chi connectivity index (χ3v) is 3.99. The zero-order valence-electron chi connectivity index (χ0n) is 12.6. The average Bonchev–Trinajstić information content (AvgIpc) is 3.10. The lowest BCUT2D eigenvalue weighted by atomic mass is 9.94. The van der Waals surface area contributed by atoms with E-state index in [9.17, 15) is 4.79 Å². The van der Waals surface area contributed by atoms with Gasteiger partial charge in [-0.15, -0.1) is 0 Å². The van der Waals surface area contributed by atoms with Crippen molar-refractivity contribution >= 4 is 5.91 Å². The second-order valence-electron chi connectivity index (χ2n) is 5.58. The second kappa shape index (κ2) is 6.60. The summed E-state index contributed by atoms with van der Waals surface area (Å²) >= 11 is 0. The molecule has 3 rings (SSSR count). The van der Waals surface area contributed by atoms with E-state index in [2.05, 4.69) is 15.2 Å². The van der Waals surface area contributed by atoms with Gasteiger partial charge in [-0.3, -0.25) is 14.9 Å². The molecule has 0 bridgehead atoms. The third-order valence-electron chi connectivity index (χ3n) is 3.99. The summed E-state index contributed by atoms with van der Waals surface area (Å²) in [6.45, 7) is 3.28. The van der Waals surface area contributed by atoms with Crippen molar-refractivity contribution in [2.24, 2.45) is 0 Å². The van der Waals surface area contributed by atoms with Gasteiger partial charge in [0.25, 0.3) is 5.91 Å². The van der Waals surface area contributed by atoms with Crippen LogP contribution in [0.1, 0.15) is 31.4 Å². The Balaban J connectivity index is 1.61. The minimum Gasteiger partial charge on any atom is -0.479 e. The molecule has 1 aliphatic heterocycles. The van der Waals surface area contributed by atoms with E-state index in [-0.39, 0.29) is 5.91 Å². The summed E-state index contributed by atoms with van der Waals surface area (Å²) in [6, 6.07) is 5.58. The molecule has 0 saturated carbocycles. The standard InChI is InChI=1S/C16H20N4O2/c1-12(22-14-5-2-7-17-10-14)16(21)20-9-3-4-13(11-20)15-6-8-18-19-15/h2,5-8,10,12-13H,3-4,9,11H2,1H3,(H,18,19)/t12-,13+/m0/s1. The van der Waals surface area contributed by atoms with Crippen molar-refractivity contribution in [3.8, 4) is 5.75 Å². The lowest BCUT2D eigenvalue weighted by Crippen LogP contribution is -2.45. The highest BCUT2D eigenvalue weighted by atomic mass is 16.5. The van der Waals surface area contributed by atoms with Gasteiger partial charge in [0.1, 0.15) is 5.75 Å². The van der Waals surface area contributed by atoms with Gasteiger partial charge in [-0.1, -0.05) is 0 Å². The number of carbonyl (C=O) groups excluding carboxylic acids is 1. The minimum atomic E-state index is -0.510. The van der Waals surface area contributed by atoms with Crippen LogP contribution >= 0.6 is 0 Å². The van der Waals surface area contributed by atoms with E-state index in [4.69, 9.17) is 4.74 Å². The van der Waals surface area contributed by atoms with Crippen molar-refractivity contribution < 1.29 is 9.53 Å². The number of amides is 1. The first-order chi connectivity index (χ1) is 10.7. The quantitative estimate of drug-likeness (QED) is 0.937. The van der Waals surface area contributed by atoms with E-state index in [1.54, 1.807) is 37.6 Å². The maximum absolute atomic E-state index is 12.6. The van der Waals surface area contributed by atoms with Crippen molar-refractivity contribution in [1.82, 2.24) is 20.1 Å². The highest BCUT2D eigenvalue weighted by molar-refractivity contribution is 5.81. The van der Waals surface area contributed by atoms with Crippen LogP contribution in [-0.2, 0) is 4.79 Å². The zero-order chi connectivity index (χ0) is 15.4. The van der Waals surface area contributed by atoms with Gasteiger partial charge in [-0.05, 0) is 38.0 Å². The van der Waals surface area contributed by atoms with Gasteiger partial charge in [0, 0.05) is 37.1 Å². The first-order valence-corrected chi connectivity index (χ1v) is 7.59. The van der Waals surface area contributed by atoms with Gasteiger partial charge < -0.3 is 9.64 Å². The fourth-order valence-corrected chi connectivity index (χ4v) is 2.85. The summed E-state index contributed by atoms with van der Waals surface area (Å²) in [5.74, 6) is 0.962. The fraction of sp³-hybridized carbons (Fsp3) is 0.438. The highest BCUT2D eigenvalue weighted by Crippen LogP contribution is 2.26. The predicted molar refractivity (Wildman–Crippen MR) is 81.5 cm³/mol. The molecule has 6 heteroatoms. The number of H-pyrrole nitrogens is 1. The molecule has 1 saturated heterocycles. The molecule has 0 aliphatic carbocycles. The molecule has 2 aromatic rings. The molecular weight excluding hydrogens is 280 g/mol. The van der Waals surface area contributed by atoms with Crippen LogP contribution in [0.5, 0.6) is 5.75 Å². The van der Waals surface area contributed by atoms with E-state index in [1.807, 2.05) is 11.0 Å². The van der Waals surface area contributed by atoms with Gasteiger partial charge >= 0.3 is 0 Å². The summed E-state index contributed by atoms with van der Waals surface area (Å²) in [6.07, 6.45) is 6.61. The Bertz CT molecular complexity index is 600. The fourth-order valence-electron chi connectivity index (χ4n) is 2.85. The first-order valence-electron chi connectivity index (χ1n) is 7.59. The number of ether oxygens (including phenoxy) is 1. The monoisotopic (exact) mass is 300 g/mol.